The maximum atomic E-state index is 12.2. The number of rotatable bonds is 3. The van der Waals surface area contributed by atoms with Gasteiger partial charge in [-0.2, -0.15) is 0 Å². The third kappa shape index (κ3) is 3.28. The van der Waals surface area contributed by atoms with Gasteiger partial charge in [-0.05, 0) is 40.4 Å². The van der Waals surface area contributed by atoms with Crippen LogP contribution in [0.15, 0.2) is 28.7 Å². The molecule has 0 aliphatic carbocycles. The molecule has 4 nitrogen and oxygen atoms in total. The van der Waals surface area contributed by atoms with Gasteiger partial charge in [0.2, 0.25) is 5.91 Å². The number of hydrogen-bond donors (Lipinski definition) is 2. The molecule has 104 valence electrons. The first-order valence-corrected chi connectivity index (χ1v) is 7.32. The minimum Gasteiger partial charge on any atom is -0.396 e. The van der Waals surface area contributed by atoms with Gasteiger partial charge in [-0.1, -0.05) is 19.1 Å². The Kier molecular flexibility index (Phi) is 4.82. The number of nitrogens with zero attached hydrogens (tertiary/aromatic N) is 1. The molecule has 5 heteroatoms. The van der Waals surface area contributed by atoms with E-state index in [0.717, 1.165) is 16.7 Å². The van der Waals surface area contributed by atoms with Crippen LogP contribution in [0.25, 0.3) is 0 Å². The predicted molar refractivity (Wildman–Crippen MR) is 79.2 cm³/mol. The molecule has 0 saturated carbocycles. The Hall–Kier alpha value is -1.07. The fraction of sp³-hybridized carbons (Fsp3) is 0.500. The highest BCUT2D eigenvalue weighted by Gasteiger charge is 2.30. The van der Waals surface area contributed by atoms with E-state index in [4.69, 9.17) is 0 Å². The number of hydrogen-bond acceptors (Lipinski definition) is 3. The molecule has 0 aromatic heterocycles. The quantitative estimate of drug-likeness (QED) is 0.890. The maximum absolute atomic E-state index is 12.2. The van der Waals surface area contributed by atoms with E-state index in [1.165, 1.54) is 0 Å². The number of amides is 1. The van der Waals surface area contributed by atoms with E-state index < -0.39 is 0 Å². The Morgan fingerprint density at radius 1 is 1.47 bits per heavy atom. The fourth-order valence-electron chi connectivity index (χ4n) is 2.42. The maximum Gasteiger partial charge on any atom is 0.242 e. The van der Waals surface area contributed by atoms with Gasteiger partial charge in [-0.15, -0.1) is 0 Å². The SMILES string of the molecule is CC1CNC(=O)C(CCO)N(c2ccccc2Br)C1. The van der Waals surface area contributed by atoms with E-state index in [9.17, 15) is 9.90 Å². The Bertz CT molecular complexity index is 453. The predicted octanol–water partition coefficient (Wildman–Crippen LogP) is 1.77. The van der Waals surface area contributed by atoms with Crippen LogP contribution in [0.2, 0.25) is 0 Å². The first-order chi connectivity index (χ1) is 9.13. The molecule has 2 rings (SSSR count). The number of aliphatic hydroxyl groups excluding tert-OH is 1. The molecule has 2 unspecified atom stereocenters. The Morgan fingerprint density at radius 3 is 2.89 bits per heavy atom. The van der Waals surface area contributed by atoms with Crippen LogP contribution in [0.1, 0.15) is 13.3 Å². The summed E-state index contributed by atoms with van der Waals surface area (Å²) in [5.41, 5.74) is 1.00. The van der Waals surface area contributed by atoms with Crippen molar-refractivity contribution in [3.05, 3.63) is 28.7 Å². The van der Waals surface area contributed by atoms with Crippen LogP contribution >= 0.6 is 15.9 Å². The summed E-state index contributed by atoms with van der Waals surface area (Å²) < 4.78 is 0.972. The number of halogens is 1. The number of anilines is 1. The molecule has 0 bridgehead atoms. The van der Waals surface area contributed by atoms with Crippen LogP contribution in [0, 0.1) is 5.92 Å². The number of nitrogens with one attached hydrogen (secondary N) is 1. The average Bonchev–Trinajstić information content (AvgIpc) is 2.53. The number of benzene rings is 1. The second-order valence-electron chi connectivity index (χ2n) is 4.98. The van der Waals surface area contributed by atoms with Crippen molar-refractivity contribution < 1.29 is 9.90 Å². The van der Waals surface area contributed by atoms with E-state index in [1.807, 2.05) is 24.3 Å². The molecule has 1 aliphatic rings. The molecule has 1 fully saturated rings. The second-order valence-corrected chi connectivity index (χ2v) is 5.84. The molecule has 2 N–H and O–H groups in total. The van der Waals surface area contributed by atoms with E-state index >= 15 is 0 Å². The second kappa shape index (κ2) is 6.39. The third-order valence-corrected chi connectivity index (χ3v) is 4.05. The molecule has 1 aromatic rings. The lowest BCUT2D eigenvalue weighted by atomic mass is 10.1. The van der Waals surface area contributed by atoms with E-state index in [1.54, 1.807) is 0 Å². The van der Waals surface area contributed by atoms with Crippen LogP contribution in [0.4, 0.5) is 5.69 Å². The Labute approximate surface area is 121 Å². The summed E-state index contributed by atoms with van der Waals surface area (Å²) in [4.78, 5) is 14.3. The van der Waals surface area contributed by atoms with Crippen molar-refractivity contribution in [3.8, 4) is 0 Å². The zero-order valence-corrected chi connectivity index (χ0v) is 12.6. The smallest absolute Gasteiger partial charge is 0.242 e. The van der Waals surface area contributed by atoms with Gasteiger partial charge >= 0.3 is 0 Å². The molecular formula is C14H19BrN2O2. The summed E-state index contributed by atoms with van der Waals surface area (Å²) >= 11 is 3.54. The lowest BCUT2D eigenvalue weighted by Gasteiger charge is -2.32. The number of aliphatic hydroxyl groups is 1. The summed E-state index contributed by atoms with van der Waals surface area (Å²) in [5.74, 6) is 0.369. The minimum atomic E-state index is -0.311. The van der Waals surface area contributed by atoms with Crippen LogP contribution in [-0.2, 0) is 4.79 Å². The van der Waals surface area contributed by atoms with Crippen LogP contribution in [-0.4, -0.2) is 36.8 Å². The number of carbonyl (C=O) groups is 1. The third-order valence-electron chi connectivity index (χ3n) is 3.38. The molecule has 1 aliphatic heterocycles. The molecule has 19 heavy (non-hydrogen) atoms. The normalized spacial score (nSPS) is 23.9. The summed E-state index contributed by atoms with van der Waals surface area (Å²) in [6, 6.07) is 7.58. The van der Waals surface area contributed by atoms with Crippen molar-refractivity contribution in [2.24, 2.45) is 5.92 Å². The van der Waals surface area contributed by atoms with Gasteiger partial charge < -0.3 is 15.3 Å². The van der Waals surface area contributed by atoms with Crippen molar-refractivity contribution >= 4 is 27.5 Å². The summed E-state index contributed by atoms with van der Waals surface area (Å²) in [7, 11) is 0. The lowest BCUT2D eigenvalue weighted by molar-refractivity contribution is -0.122. The molecule has 1 heterocycles. The van der Waals surface area contributed by atoms with Crippen molar-refractivity contribution in [3.63, 3.8) is 0 Å². The standard InChI is InChI=1S/C14H19BrN2O2/c1-10-8-16-14(19)13(6-7-18)17(9-10)12-5-3-2-4-11(12)15/h2-5,10,13,18H,6-9H2,1H3,(H,16,19). The molecule has 1 saturated heterocycles. The summed E-state index contributed by atoms with van der Waals surface area (Å²) in [5, 5.41) is 12.2. The van der Waals surface area contributed by atoms with Gasteiger partial charge in [-0.3, -0.25) is 4.79 Å². The van der Waals surface area contributed by atoms with Crippen molar-refractivity contribution in [1.82, 2.24) is 5.32 Å². The molecular weight excluding hydrogens is 308 g/mol. The Balaban J connectivity index is 2.36. The lowest BCUT2D eigenvalue weighted by Crippen LogP contribution is -2.45. The molecule has 1 amide bonds. The highest BCUT2D eigenvalue weighted by molar-refractivity contribution is 9.10. The van der Waals surface area contributed by atoms with Gasteiger partial charge in [0, 0.05) is 24.2 Å². The number of carbonyl (C=O) groups excluding carboxylic acids is 1. The topological polar surface area (TPSA) is 52.6 Å². The van der Waals surface area contributed by atoms with Gasteiger partial charge in [0.15, 0.2) is 0 Å². The monoisotopic (exact) mass is 326 g/mol. The van der Waals surface area contributed by atoms with Crippen molar-refractivity contribution in [1.29, 1.82) is 0 Å². The molecule has 1 aromatic carbocycles. The Morgan fingerprint density at radius 2 is 2.21 bits per heavy atom. The highest BCUT2D eigenvalue weighted by Crippen LogP contribution is 2.29. The van der Waals surface area contributed by atoms with E-state index in [-0.39, 0.29) is 18.6 Å². The van der Waals surface area contributed by atoms with E-state index in [2.05, 4.69) is 33.1 Å². The summed E-state index contributed by atoms with van der Waals surface area (Å²) in [6.07, 6.45) is 0.444. The average molecular weight is 327 g/mol. The van der Waals surface area contributed by atoms with Gasteiger partial charge in [0.25, 0.3) is 0 Å². The zero-order chi connectivity index (χ0) is 13.8. The van der Waals surface area contributed by atoms with Gasteiger partial charge in [-0.25, -0.2) is 0 Å². The fourth-order valence-corrected chi connectivity index (χ4v) is 2.93. The van der Waals surface area contributed by atoms with Gasteiger partial charge in [0.05, 0.1) is 5.69 Å². The van der Waals surface area contributed by atoms with Crippen LogP contribution < -0.4 is 10.2 Å². The van der Waals surface area contributed by atoms with Gasteiger partial charge in [0.1, 0.15) is 6.04 Å². The first-order valence-electron chi connectivity index (χ1n) is 6.53. The first kappa shape index (κ1) is 14.3. The van der Waals surface area contributed by atoms with Crippen molar-refractivity contribution in [2.75, 3.05) is 24.6 Å². The highest BCUT2D eigenvalue weighted by atomic mass is 79.9. The molecule has 2 atom stereocenters. The largest absolute Gasteiger partial charge is 0.396 e. The number of para-hydroxylation sites is 1. The zero-order valence-electron chi connectivity index (χ0n) is 11.0. The van der Waals surface area contributed by atoms with Crippen LogP contribution in [0.5, 0.6) is 0 Å². The van der Waals surface area contributed by atoms with Crippen molar-refractivity contribution in [2.45, 2.75) is 19.4 Å². The molecule has 0 spiro atoms. The van der Waals surface area contributed by atoms with Crippen LogP contribution in [0.3, 0.4) is 0 Å². The summed E-state index contributed by atoms with van der Waals surface area (Å²) in [6.45, 7) is 3.60. The molecule has 0 radical (unpaired) electrons. The van der Waals surface area contributed by atoms with E-state index in [0.29, 0.717) is 18.9 Å². The minimum absolute atomic E-state index is 0.00541.